The fourth-order valence-corrected chi connectivity index (χ4v) is 2.38. The molecule has 1 N–H and O–H groups in total. The van der Waals surface area contributed by atoms with Gasteiger partial charge in [-0.1, -0.05) is 19.3 Å². The molecule has 4 heteroatoms. The molecule has 1 heterocycles. The number of nitrogens with one attached hydrogen (secondary N) is 1. The lowest BCUT2D eigenvalue weighted by Gasteiger charge is -2.25. The molecule has 0 radical (unpaired) electrons. The minimum atomic E-state index is 0.800. The summed E-state index contributed by atoms with van der Waals surface area (Å²) >= 11 is 0. The first-order chi connectivity index (χ1) is 8.79. The quantitative estimate of drug-likeness (QED) is 0.722. The van der Waals surface area contributed by atoms with Crippen LogP contribution in [-0.2, 0) is 11.3 Å². The highest BCUT2D eigenvalue weighted by atomic mass is 16.5. The zero-order chi connectivity index (χ0) is 12.8. The van der Waals surface area contributed by atoms with Crippen LogP contribution in [0.25, 0.3) is 0 Å². The number of hydrogen-bond acceptors (Lipinski definition) is 3. The van der Waals surface area contributed by atoms with Crippen LogP contribution in [-0.4, -0.2) is 29.8 Å². The van der Waals surface area contributed by atoms with Gasteiger partial charge in [-0.2, -0.15) is 0 Å². The molecule has 2 rings (SSSR count). The van der Waals surface area contributed by atoms with Crippen molar-refractivity contribution in [3.8, 4) is 0 Å². The Hall–Kier alpha value is -1.03. The third-order valence-corrected chi connectivity index (χ3v) is 3.71. The molecule has 1 aromatic rings. The zero-order valence-corrected chi connectivity index (χ0v) is 11.6. The van der Waals surface area contributed by atoms with Gasteiger partial charge in [0.1, 0.15) is 0 Å². The van der Waals surface area contributed by atoms with Crippen molar-refractivity contribution in [2.24, 2.45) is 5.92 Å². The maximum atomic E-state index is 5.05. The molecule has 0 amide bonds. The van der Waals surface area contributed by atoms with Crippen LogP contribution in [0.2, 0.25) is 0 Å². The van der Waals surface area contributed by atoms with Crippen molar-refractivity contribution in [1.29, 1.82) is 0 Å². The van der Waals surface area contributed by atoms with E-state index in [0.29, 0.717) is 0 Å². The van der Waals surface area contributed by atoms with Crippen LogP contribution in [0.5, 0.6) is 0 Å². The number of methoxy groups -OCH3 is 1. The number of anilines is 1. The van der Waals surface area contributed by atoms with E-state index in [1.54, 1.807) is 7.11 Å². The smallest absolute Gasteiger partial charge is 0.203 e. The highest BCUT2D eigenvalue weighted by molar-refractivity contribution is 5.28. The molecule has 4 nitrogen and oxygen atoms in total. The lowest BCUT2D eigenvalue weighted by molar-refractivity contribution is 0.197. The normalized spacial score (nSPS) is 15.7. The number of aromatic nitrogens is 2. The van der Waals surface area contributed by atoms with Gasteiger partial charge in [-0.25, -0.2) is 4.98 Å². The van der Waals surface area contributed by atoms with Crippen LogP contribution >= 0.6 is 0 Å². The van der Waals surface area contributed by atoms with Gasteiger partial charge in [0.2, 0.25) is 5.95 Å². The number of rotatable bonds is 8. The van der Waals surface area contributed by atoms with Gasteiger partial charge >= 0.3 is 0 Å². The third kappa shape index (κ3) is 3.73. The number of imidazole rings is 1. The summed E-state index contributed by atoms with van der Waals surface area (Å²) in [6.07, 6.45) is 8.73. The Morgan fingerprint density at radius 1 is 1.50 bits per heavy atom. The molecule has 0 spiro atoms. The highest BCUT2D eigenvalue weighted by Gasteiger charge is 2.17. The Kier molecular flexibility index (Phi) is 5.05. The van der Waals surface area contributed by atoms with Crippen LogP contribution in [0.1, 0.15) is 37.8 Å². The summed E-state index contributed by atoms with van der Waals surface area (Å²) in [5, 5.41) is 3.40. The standard InChI is InChI=1S/C14H25N3O/c1-12-11-17(9-7-13-5-3-6-13)14(16-12)15-8-4-10-18-2/h11,13H,3-10H2,1-2H3,(H,15,16). The third-order valence-electron chi connectivity index (χ3n) is 3.71. The summed E-state index contributed by atoms with van der Waals surface area (Å²) in [5.74, 6) is 1.97. The molecule has 0 aromatic carbocycles. The first-order valence-electron chi connectivity index (χ1n) is 7.06. The molecule has 0 atom stereocenters. The molecule has 1 fully saturated rings. The van der Waals surface area contributed by atoms with E-state index in [4.69, 9.17) is 4.74 Å². The van der Waals surface area contributed by atoms with Crippen LogP contribution < -0.4 is 5.32 Å². The molecule has 102 valence electrons. The van der Waals surface area contributed by atoms with Crippen molar-refractivity contribution in [3.05, 3.63) is 11.9 Å². The lowest BCUT2D eigenvalue weighted by Crippen LogP contribution is -2.15. The average molecular weight is 251 g/mol. The van der Waals surface area contributed by atoms with E-state index in [-0.39, 0.29) is 0 Å². The van der Waals surface area contributed by atoms with Crippen LogP contribution in [0.3, 0.4) is 0 Å². The van der Waals surface area contributed by atoms with E-state index < -0.39 is 0 Å². The van der Waals surface area contributed by atoms with Gasteiger partial charge in [-0.3, -0.25) is 0 Å². The SMILES string of the molecule is COCCCNc1nc(C)cn1CCC1CCC1. The number of nitrogens with zero attached hydrogens (tertiary/aromatic N) is 2. The fraction of sp³-hybridized carbons (Fsp3) is 0.786. The summed E-state index contributed by atoms with van der Waals surface area (Å²) in [7, 11) is 1.74. The molecule has 1 aliphatic rings. The number of ether oxygens (including phenoxy) is 1. The Morgan fingerprint density at radius 2 is 2.33 bits per heavy atom. The molecular formula is C14H25N3O. The summed E-state index contributed by atoms with van der Waals surface area (Å²) in [6, 6.07) is 0. The molecule has 18 heavy (non-hydrogen) atoms. The van der Waals surface area contributed by atoms with Crippen molar-refractivity contribution >= 4 is 5.95 Å². The summed E-state index contributed by atoms with van der Waals surface area (Å²) in [4.78, 5) is 4.54. The second-order valence-corrected chi connectivity index (χ2v) is 5.26. The fourth-order valence-electron chi connectivity index (χ4n) is 2.38. The van der Waals surface area contributed by atoms with Crippen LogP contribution in [0.15, 0.2) is 6.20 Å². The monoisotopic (exact) mass is 251 g/mol. The van der Waals surface area contributed by atoms with Crippen LogP contribution in [0.4, 0.5) is 5.95 Å². The van der Waals surface area contributed by atoms with Gasteiger partial charge < -0.3 is 14.6 Å². The van der Waals surface area contributed by atoms with E-state index in [2.05, 4.69) is 28.0 Å². The second-order valence-electron chi connectivity index (χ2n) is 5.26. The average Bonchev–Trinajstić information content (AvgIpc) is 2.63. The van der Waals surface area contributed by atoms with E-state index in [1.165, 1.54) is 25.7 Å². The number of aryl methyl sites for hydroxylation is 2. The minimum Gasteiger partial charge on any atom is -0.385 e. The predicted molar refractivity (Wildman–Crippen MR) is 73.9 cm³/mol. The van der Waals surface area contributed by atoms with E-state index in [0.717, 1.165) is 43.7 Å². The van der Waals surface area contributed by atoms with Gasteiger partial charge in [0.25, 0.3) is 0 Å². The molecule has 1 aliphatic carbocycles. The van der Waals surface area contributed by atoms with E-state index >= 15 is 0 Å². The maximum Gasteiger partial charge on any atom is 0.203 e. The van der Waals surface area contributed by atoms with Gasteiger partial charge in [-0.15, -0.1) is 0 Å². The molecule has 0 aliphatic heterocycles. The Balaban J connectivity index is 1.79. The van der Waals surface area contributed by atoms with Gasteiger partial charge in [0.05, 0.1) is 5.69 Å². The second kappa shape index (κ2) is 6.78. The van der Waals surface area contributed by atoms with Crippen molar-refractivity contribution in [1.82, 2.24) is 9.55 Å². The first-order valence-corrected chi connectivity index (χ1v) is 7.06. The van der Waals surface area contributed by atoms with E-state index in [9.17, 15) is 0 Å². The molecule has 1 saturated carbocycles. The topological polar surface area (TPSA) is 39.1 Å². The van der Waals surface area contributed by atoms with Gasteiger partial charge in [0.15, 0.2) is 0 Å². The Bertz CT molecular complexity index is 358. The summed E-state index contributed by atoms with van der Waals surface area (Å²) in [6.45, 7) is 4.88. The molecule has 1 aromatic heterocycles. The summed E-state index contributed by atoms with van der Waals surface area (Å²) in [5.41, 5.74) is 1.10. The molecule has 0 bridgehead atoms. The van der Waals surface area contributed by atoms with Crippen molar-refractivity contribution < 1.29 is 4.74 Å². The van der Waals surface area contributed by atoms with Gasteiger partial charge in [0, 0.05) is 33.0 Å². The minimum absolute atomic E-state index is 0.800. The molecule has 0 unspecified atom stereocenters. The Morgan fingerprint density at radius 3 is 3.00 bits per heavy atom. The zero-order valence-electron chi connectivity index (χ0n) is 11.6. The van der Waals surface area contributed by atoms with Crippen molar-refractivity contribution in [2.45, 2.75) is 45.6 Å². The van der Waals surface area contributed by atoms with Crippen LogP contribution in [0, 0.1) is 12.8 Å². The van der Waals surface area contributed by atoms with Gasteiger partial charge in [-0.05, 0) is 25.7 Å². The predicted octanol–water partition coefficient (Wildman–Crippen LogP) is 2.83. The lowest BCUT2D eigenvalue weighted by atomic mass is 9.83. The summed E-state index contributed by atoms with van der Waals surface area (Å²) < 4.78 is 7.31. The molecule has 0 saturated heterocycles. The maximum absolute atomic E-state index is 5.05. The van der Waals surface area contributed by atoms with Crippen molar-refractivity contribution in [3.63, 3.8) is 0 Å². The highest BCUT2D eigenvalue weighted by Crippen LogP contribution is 2.30. The Labute approximate surface area is 110 Å². The molecular weight excluding hydrogens is 226 g/mol. The largest absolute Gasteiger partial charge is 0.385 e. The number of hydrogen-bond donors (Lipinski definition) is 1. The van der Waals surface area contributed by atoms with E-state index in [1.807, 2.05) is 0 Å². The first kappa shape index (κ1) is 13.4. The van der Waals surface area contributed by atoms with Crippen molar-refractivity contribution in [2.75, 3.05) is 25.6 Å².